The van der Waals surface area contributed by atoms with Crippen LogP contribution in [0, 0.1) is 0 Å². The highest BCUT2D eigenvalue weighted by Crippen LogP contribution is 2.36. The second-order valence-corrected chi connectivity index (χ2v) is 14.1. The zero-order valence-electron chi connectivity index (χ0n) is 32.0. The number of rotatable bonds is 35. The third-order valence-electron chi connectivity index (χ3n) is 7.96. The summed E-state index contributed by atoms with van der Waals surface area (Å²) in [4.78, 5) is 42.8. The number of hydrogen-bond acceptors (Lipinski definition) is 6. The molecule has 1 atom stereocenters. The van der Waals surface area contributed by atoms with Gasteiger partial charge < -0.3 is 19.3 Å². The van der Waals surface area contributed by atoms with Gasteiger partial charge >= 0.3 is 19.8 Å². The van der Waals surface area contributed by atoms with E-state index in [1.165, 1.54) is 32.1 Å². The average molecular weight is 735 g/mol. The monoisotopic (exact) mass is 734 g/mol. The quantitative estimate of drug-likeness (QED) is 0.0286. The van der Waals surface area contributed by atoms with Gasteiger partial charge in [0.15, 0.2) is 6.10 Å². The van der Waals surface area contributed by atoms with Gasteiger partial charge in [0.1, 0.15) is 6.61 Å². The number of hydrogen-bond donors (Lipinski definition) is 2. The zero-order chi connectivity index (χ0) is 37.5. The molecule has 51 heavy (non-hydrogen) atoms. The zero-order valence-corrected chi connectivity index (χ0v) is 32.9. The van der Waals surface area contributed by atoms with Crippen molar-refractivity contribution in [1.82, 2.24) is 0 Å². The number of esters is 2. The van der Waals surface area contributed by atoms with Crippen molar-refractivity contribution >= 4 is 19.8 Å². The predicted octanol–water partition coefficient (Wildman–Crippen LogP) is 11.9. The van der Waals surface area contributed by atoms with Crippen LogP contribution in [-0.4, -0.2) is 41.0 Å². The molecule has 0 aliphatic rings. The molecule has 0 spiro atoms. The molecule has 0 rings (SSSR count). The summed E-state index contributed by atoms with van der Waals surface area (Å²) in [7, 11) is -4.77. The van der Waals surface area contributed by atoms with E-state index in [0.29, 0.717) is 12.8 Å². The fourth-order valence-electron chi connectivity index (χ4n) is 5.04. The van der Waals surface area contributed by atoms with E-state index in [1.807, 2.05) is 0 Å². The normalized spacial score (nSPS) is 13.3. The first-order valence-corrected chi connectivity index (χ1v) is 21.3. The average Bonchev–Trinajstić information content (AvgIpc) is 3.10. The molecule has 8 nitrogen and oxygen atoms in total. The second-order valence-electron chi connectivity index (χ2n) is 12.9. The highest BCUT2D eigenvalue weighted by molar-refractivity contribution is 7.46. The van der Waals surface area contributed by atoms with Crippen molar-refractivity contribution in [2.45, 2.75) is 168 Å². The van der Waals surface area contributed by atoms with Gasteiger partial charge in [-0.25, -0.2) is 4.57 Å². The summed E-state index contributed by atoms with van der Waals surface area (Å²) >= 11 is 0. The molecule has 0 radical (unpaired) electrons. The largest absolute Gasteiger partial charge is 0.469 e. The van der Waals surface area contributed by atoms with E-state index in [4.69, 9.17) is 19.3 Å². The van der Waals surface area contributed by atoms with Gasteiger partial charge in [-0.3, -0.25) is 14.1 Å². The second kappa shape index (κ2) is 37.3. The molecule has 0 aliphatic carbocycles. The first-order chi connectivity index (χ1) is 24.8. The Labute approximate surface area is 310 Å². The molecule has 2 N–H and O–H groups in total. The van der Waals surface area contributed by atoms with E-state index in [1.54, 1.807) is 0 Å². The van der Waals surface area contributed by atoms with Crippen LogP contribution in [0.5, 0.6) is 0 Å². The third-order valence-corrected chi connectivity index (χ3v) is 8.44. The highest BCUT2D eigenvalue weighted by atomic mass is 31.2. The van der Waals surface area contributed by atoms with Gasteiger partial charge in [-0.15, -0.1) is 0 Å². The molecule has 0 heterocycles. The molecule has 0 bridgehead atoms. The number of phosphoric acid groups is 1. The Morgan fingerprint density at radius 1 is 0.529 bits per heavy atom. The van der Waals surface area contributed by atoms with Crippen LogP contribution in [0.4, 0.5) is 0 Å². The van der Waals surface area contributed by atoms with Crippen molar-refractivity contribution in [3.05, 3.63) is 72.9 Å². The summed E-state index contributed by atoms with van der Waals surface area (Å²) in [6.07, 6.45) is 47.6. The Kier molecular flexibility index (Phi) is 35.4. The maximum absolute atomic E-state index is 12.4. The van der Waals surface area contributed by atoms with E-state index in [-0.39, 0.29) is 19.4 Å². The van der Waals surface area contributed by atoms with Gasteiger partial charge in [0, 0.05) is 12.8 Å². The molecule has 0 saturated carbocycles. The number of ether oxygens (including phenoxy) is 2. The number of carbonyl (C=O) groups excluding carboxylic acids is 2. The summed E-state index contributed by atoms with van der Waals surface area (Å²) in [6, 6.07) is 0. The number of carbonyl (C=O) groups is 2. The first-order valence-electron chi connectivity index (χ1n) is 19.7. The van der Waals surface area contributed by atoms with E-state index in [0.717, 1.165) is 89.9 Å². The molecule has 1 unspecified atom stereocenters. The minimum Gasteiger partial charge on any atom is -0.462 e. The Hall–Kier alpha value is -2.51. The summed E-state index contributed by atoms with van der Waals surface area (Å²) in [5.74, 6) is -0.935. The van der Waals surface area contributed by atoms with Crippen molar-refractivity contribution in [2.75, 3.05) is 13.2 Å². The molecular weight excluding hydrogens is 663 g/mol. The predicted molar refractivity (Wildman–Crippen MR) is 211 cm³/mol. The summed E-state index contributed by atoms with van der Waals surface area (Å²) in [6.45, 7) is 3.51. The molecule has 9 heteroatoms. The van der Waals surface area contributed by atoms with E-state index in [2.05, 4.69) is 91.3 Å². The molecule has 0 aromatic rings. The van der Waals surface area contributed by atoms with Crippen LogP contribution in [0.1, 0.15) is 162 Å². The molecule has 292 valence electrons. The van der Waals surface area contributed by atoms with Gasteiger partial charge in [-0.2, -0.15) is 0 Å². The minimum absolute atomic E-state index is 0.177. The van der Waals surface area contributed by atoms with Crippen LogP contribution >= 0.6 is 7.82 Å². The summed E-state index contributed by atoms with van der Waals surface area (Å²) in [5, 5.41) is 0. The Morgan fingerprint density at radius 2 is 0.941 bits per heavy atom. The standard InChI is InChI=1S/C42H71O8P/c1-3-5-7-9-11-13-15-17-19-21-23-25-27-29-31-33-35-37-42(44)50-40(39-49-51(45,46)47)38-48-41(43)36-34-32-30-28-26-24-22-20-18-16-14-12-10-8-6-4-2/h5,7,11,13-14,16-17,19-20,22-23,25,40H,3-4,6,8-10,12,15,18,21,24,26-39H2,1-2H3,(H2,45,46,47)/b7-5-,13-11-,16-14-,19-17-,22-20-,25-23-. The Bertz CT molecular complexity index is 1050. The van der Waals surface area contributed by atoms with Crippen LogP contribution < -0.4 is 0 Å². The molecule has 0 aromatic heterocycles. The van der Waals surface area contributed by atoms with Gasteiger partial charge in [-0.05, 0) is 83.5 Å². The van der Waals surface area contributed by atoms with Crippen LogP contribution in [0.2, 0.25) is 0 Å². The minimum atomic E-state index is -4.77. The lowest BCUT2D eigenvalue weighted by Gasteiger charge is -2.18. The third kappa shape index (κ3) is 40.1. The van der Waals surface area contributed by atoms with Gasteiger partial charge in [0.2, 0.25) is 0 Å². The lowest BCUT2D eigenvalue weighted by molar-refractivity contribution is -0.161. The number of unbranched alkanes of at least 4 members (excludes halogenated alkanes) is 13. The molecular formula is C42H71O8P. The molecule has 0 aromatic carbocycles. The molecule has 0 fully saturated rings. The van der Waals surface area contributed by atoms with Crippen molar-refractivity contribution < 1.29 is 37.9 Å². The van der Waals surface area contributed by atoms with Crippen molar-refractivity contribution in [3.63, 3.8) is 0 Å². The Morgan fingerprint density at radius 3 is 1.41 bits per heavy atom. The maximum Gasteiger partial charge on any atom is 0.469 e. The number of allylic oxidation sites excluding steroid dienone is 12. The van der Waals surface area contributed by atoms with Crippen LogP contribution in [-0.2, 0) is 28.2 Å². The van der Waals surface area contributed by atoms with E-state index >= 15 is 0 Å². The lowest BCUT2D eigenvalue weighted by atomic mass is 10.1. The fraction of sp³-hybridized carbons (Fsp3) is 0.667. The molecule has 0 amide bonds. The van der Waals surface area contributed by atoms with Gasteiger partial charge in [0.05, 0.1) is 6.61 Å². The topological polar surface area (TPSA) is 119 Å². The summed E-state index contributed by atoms with van der Waals surface area (Å²) < 4.78 is 26.3. The fourth-order valence-corrected chi connectivity index (χ4v) is 5.40. The molecule has 0 aliphatic heterocycles. The van der Waals surface area contributed by atoms with Crippen LogP contribution in [0.25, 0.3) is 0 Å². The van der Waals surface area contributed by atoms with Gasteiger partial charge in [-0.1, -0.05) is 138 Å². The molecule has 0 saturated heterocycles. The van der Waals surface area contributed by atoms with Crippen molar-refractivity contribution in [3.8, 4) is 0 Å². The first kappa shape index (κ1) is 48.5. The lowest BCUT2D eigenvalue weighted by Crippen LogP contribution is -2.29. The van der Waals surface area contributed by atoms with Crippen molar-refractivity contribution in [1.29, 1.82) is 0 Å². The summed E-state index contributed by atoms with van der Waals surface area (Å²) in [5.41, 5.74) is 0. The smallest absolute Gasteiger partial charge is 0.462 e. The number of phosphoric ester groups is 1. The van der Waals surface area contributed by atoms with Crippen LogP contribution in [0.3, 0.4) is 0 Å². The van der Waals surface area contributed by atoms with Crippen LogP contribution in [0.15, 0.2) is 72.9 Å². The SMILES string of the molecule is CC/C=C\C/C=C\C/C=C\C/C=C\CCCCCCC(=O)OC(COC(=O)CCCCCCC/C=C\C/C=C\CCCCCC)COP(=O)(O)O. The maximum atomic E-state index is 12.4. The van der Waals surface area contributed by atoms with E-state index < -0.39 is 32.5 Å². The van der Waals surface area contributed by atoms with Gasteiger partial charge in [0.25, 0.3) is 0 Å². The highest BCUT2D eigenvalue weighted by Gasteiger charge is 2.22. The van der Waals surface area contributed by atoms with E-state index in [9.17, 15) is 14.2 Å². The van der Waals surface area contributed by atoms with Crippen molar-refractivity contribution in [2.24, 2.45) is 0 Å². The Balaban J connectivity index is 4.04.